The number of fused-ring (bicyclic) bond motifs is 1. The largest absolute Gasteiger partial charge is 0.338 e. The van der Waals surface area contributed by atoms with Crippen molar-refractivity contribution in [3.05, 3.63) is 58.2 Å². The third-order valence-electron chi connectivity index (χ3n) is 4.68. The van der Waals surface area contributed by atoms with Gasteiger partial charge in [-0.25, -0.2) is 28.5 Å². The topological polar surface area (TPSA) is 73.0 Å². The Morgan fingerprint density at radius 2 is 1.88 bits per heavy atom. The number of likely N-dealkylation sites (tertiary alicyclic amines) is 1. The van der Waals surface area contributed by atoms with E-state index in [4.69, 9.17) is 0 Å². The highest BCUT2D eigenvalue weighted by Gasteiger charge is 2.25. The number of carbonyl (C=O) groups is 1. The van der Waals surface area contributed by atoms with E-state index in [0.29, 0.717) is 36.5 Å². The Bertz CT molecular complexity index is 1030. The standard InChI is InChI=1S/C18H18FN5O2/c1-22-16-14(24(17(22)25)18(26)23-8-2-3-9-23)11-20-15(21-16)10-12-4-6-13(19)7-5-12/h4-7,11H,2-3,8-10H2,1H3. The first kappa shape index (κ1) is 16.4. The molecule has 8 heteroatoms. The van der Waals surface area contributed by atoms with Crippen LogP contribution in [0.15, 0.2) is 35.3 Å². The first-order valence-electron chi connectivity index (χ1n) is 8.51. The molecular weight excluding hydrogens is 337 g/mol. The second-order valence-electron chi connectivity index (χ2n) is 6.45. The van der Waals surface area contributed by atoms with Crippen molar-refractivity contribution in [1.82, 2.24) is 24.0 Å². The summed E-state index contributed by atoms with van der Waals surface area (Å²) >= 11 is 0. The zero-order valence-electron chi connectivity index (χ0n) is 14.4. The monoisotopic (exact) mass is 355 g/mol. The van der Waals surface area contributed by atoms with Crippen LogP contribution in [0.1, 0.15) is 24.2 Å². The zero-order chi connectivity index (χ0) is 18.3. The molecule has 1 aliphatic rings. The van der Waals surface area contributed by atoms with Gasteiger partial charge in [0.2, 0.25) is 0 Å². The molecule has 3 heterocycles. The average Bonchev–Trinajstić information content (AvgIpc) is 3.25. The Morgan fingerprint density at radius 3 is 2.58 bits per heavy atom. The SMILES string of the molecule is Cn1c(=O)n(C(=O)N2CCCC2)c2cnc(Cc3ccc(F)cc3)nc21. The number of aryl methyl sites for hydroxylation is 1. The summed E-state index contributed by atoms with van der Waals surface area (Å²) < 4.78 is 15.5. The van der Waals surface area contributed by atoms with Crippen LogP contribution in [0.25, 0.3) is 11.2 Å². The minimum Gasteiger partial charge on any atom is -0.324 e. The third kappa shape index (κ3) is 2.77. The maximum absolute atomic E-state index is 13.0. The molecule has 1 fully saturated rings. The van der Waals surface area contributed by atoms with E-state index >= 15 is 0 Å². The smallest absolute Gasteiger partial charge is 0.324 e. The van der Waals surface area contributed by atoms with E-state index in [9.17, 15) is 14.0 Å². The first-order chi connectivity index (χ1) is 12.5. The van der Waals surface area contributed by atoms with Crippen molar-refractivity contribution in [3.63, 3.8) is 0 Å². The summed E-state index contributed by atoms with van der Waals surface area (Å²) in [6.45, 7) is 1.32. The number of aromatic nitrogens is 4. The van der Waals surface area contributed by atoms with Gasteiger partial charge in [0.05, 0.1) is 6.20 Å². The van der Waals surface area contributed by atoms with Gasteiger partial charge in [-0.3, -0.25) is 4.57 Å². The normalized spacial score (nSPS) is 14.3. The molecule has 3 aromatic rings. The minimum atomic E-state index is -0.426. The van der Waals surface area contributed by atoms with Gasteiger partial charge in [0.1, 0.15) is 17.2 Å². The van der Waals surface area contributed by atoms with Gasteiger partial charge in [-0.05, 0) is 30.5 Å². The second-order valence-corrected chi connectivity index (χ2v) is 6.45. The Balaban J connectivity index is 1.72. The van der Waals surface area contributed by atoms with Gasteiger partial charge in [-0.15, -0.1) is 0 Å². The number of benzene rings is 1. The van der Waals surface area contributed by atoms with Crippen LogP contribution in [0.5, 0.6) is 0 Å². The fraction of sp³-hybridized carbons (Fsp3) is 0.333. The van der Waals surface area contributed by atoms with E-state index in [2.05, 4.69) is 9.97 Å². The molecule has 0 saturated carbocycles. The quantitative estimate of drug-likeness (QED) is 0.704. The van der Waals surface area contributed by atoms with Gasteiger partial charge in [0.25, 0.3) is 0 Å². The molecule has 26 heavy (non-hydrogen) atoms. The number of nitrogens with zero attached hydrogens (tertiary/aromatic N) is 5. The van der Waals surface area contributed by atoms with Crippen LogP contribution in [0.4, 0.5) is 9.18 Å². The number of hydrogen-bond acceptors (Lipinski definition) is 4. The highest BCUT2D eigenvalue weighted by molar-refractivity contribution is 5.87. The minimum absolute atomic E-state index is 0.301. The number of hydrogen-bond donors (Lipinski definition) is 0. The number of amides is 1. The van der Waals surface area contributed by atoms with Gasteiger partial charge < -0.3 is 4.90 Å². The van der Waals surface area contributed by atoms with Crippen LogP contribution in [0.2, 0.25) is 0 Å². The summed E-state index contributed by atoms with van der Waals surface area (Å²) in [5.41, 5.74) is 1.25. The lowest BCUT2D eigenvalue weighted by Crippen LogP contribution is -2.38. The highest BCUT2D eigenvalue weighted by Crippen LogP contribution is 2.15. The van der Waals surface area contributed by atoms with Crippen LogP contribution in [0.3, 0.4) is 0 Å². The molecule has 0 radical (unpaired) electrons. The first-order valence-corrected chi connectivity index (χ1v) is 8.51. The number of rotatable bonds is 2. The van der Waals surface area contributed by atoms with Crippen molar-refractivity contribution in [3.8, 4) is 0 Å². The fourth-order valence-electron chi connectivity index (χ4n) is 3.25. The molecule has 2 aromatic heterocycles. The molecule has 0 unspecified atom stereocenters. The third-order valence-corrected chi connectivity index (χ3v) is 4.68. The number of halogens is 1. The van der Waals surface area contributed by atoms with E-state index < -0.39 is 5.69 Å². The lowest BCUT2D eigenvalue weighted by atomic mass is 10.1. The molecule has 0 N–H and O–H groups in total. The molecule has 7 nitrogen and oxygen atoms in total. The predicted octanol–water partition coefficient (Wildman–Crippen LogP) is 1.92. The molecule has 1 amide bonds. The van der Waals surface area contributed by atoms with Crippen LogP contribution >= 0.6 is 0 Å². The summed E-state index contributed by atoms with van der Waals surface area (Å²) in [6.07, 6.45) is 3.82. The van der Waals surface area contributed by atoms with Crippen molar-refractivity contribution in [1.29, 1.82) is 0 Å². The molecule has 134 valence electrons. The van der Waals surface area contributed by atoms with Gasteiger partial charge in [0.15, 0.2) is 5.65 Å². The van der Waals surface area contributed by atoms with E-state index in [1.165, 1.54) is 22.9 Å². The Kier molecular flexibility index (Phi) is 4.02. The Morgan fingerprint density at radius 1 is 1.19 bits per heavy atom. The van der Waals surface area contributed by atoms with Gasteiger partial charge in [0, 0.05) is 26.6 Å². The second kappa shape index (κ2) is 6.36. The Labute approximate surface area is 148 Å². The van der Waals surface area contributed by atoms with Gasteiger partial charge >= 0.3 is 11.7 Å². The average molecular weight is 355 g/mol. The summed E-state index contributed by atoms with van der Waals surface area (Å²) in [5.74, 6) is 0.204. The van der Waals surface area contributed by atoms with E-state index in [1.807, 2.05) is 0 Å². The maximum Gasteiger partial charge on any atom is 0.338 e. The van der Waals surface area contributed by atoms with Crippen molar-refractivity contribution in [2.45, 2.75) is 19.3 Å². The van der Waals surface area contributed by atoms with E-state index in [1.54, 1.807) is 24.1 Å². The summed E-state index contributed by atoms with van der Waals surface area (Å²) in [4.78, 5) is 35.7. The predicted molar refractivity (Wildman–Crippen MR) is 93.6 cm³/mol. The van der Waals surface area contributed by atoms with Crippen LogP contribution in [-0.4, -0.2) is 43.1 Å². The van der Waals surface area contributed by atoms with Crippen molar-refractivity contribution in [2.75, 3.05) is 13.1 Å². The molecule has 0 bridgehead atoms. The lowest BCUT2D eigenvalue weighted by molar-refractivity contribution is 0.210. The van der Waals surface area contributed by atoms with E-state index in [-0.39, 0.29) is 11.8 Å². The summed E-state index contributed by atoms with van der Waals surface area (Å²) in [5, 5.41) is 0. The van der Waals surface area contributed by atoms with Crippen molar-refractivity contribution >= 4 is 17.2 Å². The molecule has 1 aliphatic heterocycles. The number of imidazole rings is 1. The molecular formula is C18H18FN5O2. The molecule has 1 saturated heterocycles. The molecule has 0 spiro atoms. The van der Waals surface area contributed by atoms with Crippen LogP contribution in [-0.2, 0) is 13.5 Å². The van der Waals surface area contributed by atoms with Gasteiger partial charge in [-0.2, -0.15) is 0 Å². The molecule has 1 aromatic carbocycles. The lowest BCUT2D eigenvalue weighted by Gasteiger charge is -2.14. The molecule has 4 rings (SSSR count). The maximum atomic E-state index is 13.0. The van der Waals surface area contributed by atoms with Crippen molar-refractivity contribution in [2.24, 2.45) is 7.05 Å². The highest BCUT2D eigenvalue weighted by atomic mass is 19.1. The van der Waals surface area contributed by atoms with Crippen molar-refractivity contribution < 1.29 is 9.18 Å². The Hall–Kier alpha value is -3.03. The summed E-state index contributed by atoms with van der Waals surface area (Å²) in [6, 6.07) is 5.78. The molecule has 0 aliphatic carbocycles. The van der Waals surface area contributed by atoms with Crippen LogP contribution in [0, 0.1) is 5.82 Å². The molecule has 0 atom stereocenters. The van der Waals surface area contributed by atoms with Gasteiger partial charge in [-0.1, -0.05) is 12.1 Å². The number of carbonyl (C=O) groups excluding carboxylic acids is 1. The van der Waals surface area contributed by atoms with Crippen LogP contribution < -0.4 is 5.69 Å². The summed E-state index contributed by atoms with van der Waals surface area (Å²) in [7, 11) is 1.59. The fourth-order valence-corrected chi connectivity index (χ4v) is 3.25. The van der Waals surface area contributed by atoms with E-state index in [0.717, 1.165) is 23.0 Å². The zero-order valence-corrected chi connectivity index (χ0v) is 14.4.